The molecule has 8 nitrogen and oxygen atoms in total. The molecular weight excluding hydrogens is 276 g/mol. The Morgan fingerprint density at radius 1 is 1.19 bits per heavy atom. The van der Waals surface area contributed by atoms with Gasteiger partial charge < -0.3 is 4.98 Å². The fourth-order valence-corrected chi connectivity index (χ4v) is 1.67. The van der Waals surface area contributed by atoms with Crippen molar-refractivity contribution in [3.05, 3.63) is 63.5 Å². The number of benzene rings is 1. The van der Waals surface area contributed by atoms with Gasteiger partial charge in [-0.25, -0.2) is 0 Å². The number of nitro benzene ring substituents is 1. The zero-order chi connectivity index (χ0) is 15.4. The summed E-state index contributed by atoms with van der Waals surface area (Å²) in [6, 6.07) is 7.25. The molecule has 108 valence electrons. The molecule has 0 radical (unpaired) electrons. The van der Waals surface area contributed by atoms with Crippen LogP contribution in [0, 0.1) is 17.0 Å². The molecule has 21 heavy (non-hydrogen) atoms. The molecule has 1 aromatic heterocycles. The predicted molar refractivity (Wildman–Crippen MR) is 73.6 cm³/mol. The highest BCUT2D eigenvalue weighted by Crippen LogP contribution is 2.18. The average Bonchev–Trinajstić information content (AvgIpc) is 2.98. The molecule has 1 heterocycles. The molecule has 0 aliphatic rings. The van der Waals surface area contributed by atoms with Gasteiger partial charge in [0.15, 0.2) is 0 Å². The summed E-state index contributed by atoms with van der Waals surface area (Å²) in [5.74, 6) is -1.16. The number of hydrazine groups is 1. The lowest BCUT2D eigenvalue weighted by Crippen LogP contribution is -2.41. The first kappa shape index (κ1) is 14.3. The predicted octanol–water partition coefficient (Wildman–Crippen LogP) is 1.31. The summed E-state index contributed by atoms with van der Waals surface area (Å²) in [7, 11) is 0. The van der Waals surface area contributed by atoms with Gasteiger partial charge in [0, 0.05) is 23.4 Å². The third-order valence-corrected chi connectivity index (χ3v) is 2.80. The van der Waals surface area contributed by atoms with Crippen LogP contribution in [-0.4, -0.2) is 21.7 Å². The van der Waals surface area contributed by atoms with Gasteiger partial charge in [-0.2, -0.15) is 0 Å². The van der Waals surface area contributed by atoms with Crippen molar-refractivity contribution in [1.82, 2.24) is 15.8 Å². The van der Waals surface area contributed by atoms with Crippen molar-refractivity contribution in [1.29, 1.82) is 0 Å². The van der Waals surface area contributed by atoms with Crippen LogP contribution in [0.4, 0.5) is 5.69 Å². The van der Waals surface area contributed by atoms with Gasteiger partial charge in [0.25, 0.3) is 17.5 Å². The Morgan fingerprint density at radius 2 is 1.90 bits per heavy atom. The summed E-state index contributed by atoms with van der Waals surface area (Å²) < 4.78 is 0. The van der Waals surface area contributed by atoms with Crippen LogP contribution in [-0.2, 0) is 0 Å². The van der Waals surface area contributed by atoms with E-state index in [0.717, 1.165) is 6.07 Å². The van der Waals surface area contributed by atoms with E-state index in [2.05, 4.69) is 15.8 Å². The van der Waals surface area contributed by atoms with Gasteiger partial charge in [-0.1, -0.05) is 6.07 Å². The molecule has 3 N–H and O–H groups in total. The number of nitrogens with one attached hydrogen (secondary N) is 3. The van der Waals surface area contributed by atoms with Crippen molar-refractivity contribution in [2.45, 2.75) is 6.92 Å². The van der Waals surface area contributed by atoms with E-state index in [1.54, 1.807) is 19.2 Å². The summed E-state index contributed by atoms with van der Waals surface area (Å²) in [5.41, 5.74) is 5.06. The third-order valence-electron chi connectivity index (χ3n) is 2.80. The molecule has 1 aromatic carbocycles. The normalized spacial score (nSPS) is 9.95. The number of H-pyrrole nitrogens is 1. The number of carbonyl (C=O) groups excluding carboxylic acids is 2. The van der Waals surface area contributed by atoms with Crippen LogP contribution in [0.3, 0.4) is 0 Å². The van der Waals surface area contributed by atoms with Crippen LogP contribution >= 0.6 is 0 Å². The molecule has 0 aliphatic heterocycles. The molecule has 0 saturated heterocycles. The SMILES string of the molecule is Cc1ccc(C(=O)NNC(=O)c2ccc[nH]2)cc1[N+](=O)[O-]. The summed E-state index contributed by atoms with van der Waals surface area (Å²) in [6.45, 7) is 1.58. The Morgan fingerprint density at radius 3 is 2.52 bits per heavy atom. The van der Waals surface area contributed by atoms with Crippen molar-refractivity contribution < 1.29 is 14.5 Å². The van der Waals surface area contributed by atoms with Gasteiger partial charge in [0.1, 0.15) is 5.69 Å². The lowest BCUT2D eigenvalue weighted by molar-refractivity contribution is -0.385. The molecule has 0 unspecified atom stereocenters. The van der Waals surface area contributed by atoms with Crippen molar-refractivity contribution in [2.75, 3.05) is 0 Å². The Labute approximate surface area is 119 Å². The summed E-state index contributed by atoms with van der Waals surface area (Å²) >= 11 is 0. The van der Waals surface area contributed by atoms with E-state index in [-0.39, 0.29) is 16.9 Å². The van der Waals surface area contributed by atoms with Crippen molar-refractivity contribution >= 4 is 17.5 Å². The highest BCUT2D eigenvalue weighted by Gasteiger charge is 2.15. The third kappa shape index (κ3) is 3.24. The summed E-state index contributed by atoms with van der Waals surface area (Å²) in [6.07, 6.45) is 1.57. The highest BCUT2D eigenvalue weighted by atomic mass is 16.6. The Bertz CT molecular complexity index is 694. The fraction of sp³-hybridized carbons (Fsp3) is 0.0769. The number of aryl methyl sites for hydroxylation is 1. The van der Waals surface area contributed by atoms with Crippen LogP contribution < -0.4 is 10.9 Å². The first-order valence-electron chi connectivity index (χ1n) is 5.98. The number of aromatic nitrogens is 1. The minimum atomic E-state index is -0.641. The number of aromatic amines is 1. The van der Waals surface area contributed by atoms with Crippen molar-refractivity contribution in [3.8, 4) is 0 Å². The Hall–Kier alpha value is -3.16. The average molecular weight is 288 g/mol. The molecule has 0 atom stereocenters. The van der Waals surface area contributed by atoms with E-state index in [0.29, 0.717) is 5.56 Å². The second-order valence-corrected chi connectivity index (χ2v) is 4.25. The first-order valence-corrected chi connectivity index (χ1v) is 5.98. The standard InChI is InChI=1S/C13H12N4O4/c1-8-4-5-9(7-11(8)17(20)21)12(18)15-16-13(19)10-3-2-6-14-10/h2-7,14H,1H3,(H,15,18)(H,16,19). The molecule has 2 aromatic rings. The number of rotatable bonds is 3. The van der Waals surface area contributed by atoms with Gasteiger partial charge in [-0.15, -0.1) is 0 Å². The van der Waals surface area contributed by atoms with Gasteiger partial charge in [0.2, 0.25) is 0 Å². The monoisotopic (exact) mass is 288 g/mol. The van der Waals surface area contributed by atoms with Crippen LogP contribution in [0.15, 0.2) is 36.5 Å². The largest absolute Gasteiger partial charge is 0.357 e. The molecule has 0 bridgehead atoms. The minimum Gasteiger partial charge on any atom is -0.357 e. The van der Waals surface area contributed by atoms with Crippen molar-refractivity contribution in [2.24, 2.45) is 0 Å². The molecule has 8 heteroatoms. The summed E-state index contributed by atoms with van der Waals surface area (Å²) in [5, 5.41) is 10.8. The van der Waals surface area contributed by atoms with Crippen LogP contribution in [0.25, 0.3) is 0 Å². The molecule has 0 aliphatic carbocycles. The van der Waals surface area contributed by atoms with Crippen molar-refractivity contribution in [3.63, 3.8) is 0 Å². The maximum absolute atomic E-state index is 11.8. The van der Waals surface area contributed by atoms with Gasteiger partial charge >= 0.3 is 0 Å². The van der Waals surface area contributed by atoms with E-state index < -0.39 is 16.7 Å². The van der Waals surface area contributed by atoms with Gasteiger partial charge in [0.05, 0.1) is 4.92 Å². The fourth-order valence-electron chi connectivity index (χ4n) is 1.67. The second-order valence-electron chi connectivity index (χ2n) is 4.25. The second kappa shape index (κ2) is 5.87. The molecule has 0 saturated carbocycles. The molecule has 2 amide bonds. The zero-order valence-corrected chi connectivity index (χ0v) is 11.0. The molecule has 2 rings (SSSR count). The molecule has 0 fully saturated rings. The van der Waals surface area contributed by atoms with E-state index in [9.17, 15) is 19.7 Å². The number of nitro groups is 1. The molecular formula is C13H12N4O4. The summed E-state index contributed by atoms with van der Waals surface area (Å²) in [4.78, 5) is 36.4. The Kier molecular flexibility index (Phi) is 3.98. The van der Waals surface area contributed by atoms with Crippen LogP contribution in [0.2, 0.25) is 0 Å². The smallest absolute Gasteiger partial charge is 0.286 e. The number of nitrogens with zero attached hydrogens (tertiary/aromatic N) is 1. The number of hydrogen-bond donors (Lipinski definition) is 3. The van der Waals surface area contributed by atoms with E-state index >= 15 is 0 Å². The van der Waals surface area contributed by atoms with E-state index in [1.807, 2.05) is 0 Å². The number of amides is 2. The lowest BCUT2D eigenvalue weighted by atomic mass is 10.1. The molecule has 0 spiro atoms. The highest BCUT2D eigenvalue weighted by molar-refractivity contribution is 5.98. The number of hydrogen-bond acceptors (Lipinski definition) is 4. The quantitative estimate of drug-likeness (QED) is 0.583. The maximum atomic E-state index is 11.8. The van der Waals surface area contributed by atoms with Gasteiger partial charge in [-0.3, -0.25) is 30.6 Å². The maximum Gasteiger partial charge on any atom is 0.286 e. The lowest BCUT2D eigenvalue weighted by Gasteiger charge is -2.07. The minimum absolute atomic E-state index is 0.0825. The van der Waals surface area contributed by atoms with Gasteiger partial charge in [-0.05, 0) is 25.1 Å². The topological polar surface area (TPSA) is 117 Å². The van der Waals surface area contributed by atoms with E-state index in [4.69, 9.17) is 0 Å². The Balaban J connectivity index is 2.05. The van der Waals surface area contributed by atoms with Crippen LogP contribution in [0.5, 0.6) is 0 Å². The van der Waals surface area contributed by atoms with E-state index in [1.165, 1.54) is 18.2 Å². The zero-order valence-electron chi connectivity index (χ0n) is 11.0. The van der Waals surface area contributed by atoms with Crippen LogP contribution in [0.1, 0.15) is 26.4 Å². The number of carbonyl (C=O) groups is 2. The first-order chi connectivity index (χ1) is 9.99.